The number of likely N-dealkylation sites (N-methyl/N-ethyl adjacent to an activating group) is 1. The van der Waals surface area contributed by atoms with E-state index in [-0.39, 0.29) is 26.1 Å². The van der Waals surface area contributed by atoms with Crippen molar-refractivity contribution < 1.29 is 42.1 Å². The van der Waals surface area contributed by atoms with E-state index in [9.17, 15) is 19.0 Å². The lowest BCUT2D eigenvalue weighted by atomic mass is 10.1. The molecule has 0 amide bonds. The number of hydrogen-bond donors (Lipinski definition) is 0. The minimum Gasteiger partial charge on any atom is -0.756 e. The summed E-state index contributed by atoms with van der Waals surface area (Å²) in [5.41, 5.74) is 0. The Bertz CT molecular complexity index is 1880. The molecule has 0 radical (unpaired) electrons. The summed E-state index contributed by atoms with van der Waals surface area (Å²) in [7, 11) is 1.10. The topological polar surface area (TPSA) is 111 Å². The Hall–Kier alpha value is -4.63. The standard InChI is InChI=1S/C66H104NO8P/c1-6-8-10-12-14-16-18-20-22-24-25-26-27-28-29-30-31-32-33-34-35-36-37-38-39-40-41-43-45-47-49-51-53-55-57-59-66(69)75-64(63-74-76(70,71)73-61-60-67(3,4)5)62-72-65(68)58-56-54-52-50-48-46-44-42-23-21-19-17-15-13-11-9-7-2/h8-11,14-17,20-23,25-26,28-29,31-32,34-35,37-38,40-41,44-47,64H,6-7,12-13,18-19,24,27,30,33,36,39,42-43,48-63H2,1-5H3/b10-8-,11-9-,16-14-,17-15-,22-20-,23-21-,26-25-,29-28-,32-31-,35-34-,38-37-,41-40-,46-44-,47-45-. The number of phosphoric ester groups is 1. The van der Waals surface area contributed by atoms with Crippen LogP contribution in [-0.2, 0) is 32.7 Å². The maximum Gasteiger partial charge on any atom is 0.306 e. The van der Waals surface area contributed by atoms with Crippen molar-refractivity contribution in [1.82, 2.24) is 0 Å². The second-order valence-corrected chi connectivity index (χ2v) is 20.9. The van der Waals surface area contributed by atoms with Crippen LogP contribution in [0.15, 0.2) is 170 Å². The Morgan fingerprint density at radius 1 is 0.408 bits per heavy atom. The zero-order valence-corrected chi connectivity index (χ0v) is 49.0. The third kappa shape index (κ3) is 58.6. The average Bonchev–Trinajstić information content (AvgIpc) is 3.38. The molecule has 0 fully saturated rings. The van der Waals surface area contributed by atoms with Crippen LogP contribution in [0.1, 0.15) is 181 Å². The number of nitrogens with zero attached hydrogens (tertiary/aromatic N) is 1. The van der Waals surface area contributed by atoms with Crippen molar-refractivity contribution in [2.75, 3.05) is 47.5 Å². The molecule has 0 saturated carbocycles. The van der Waals surface area contributed by atoms with Crippen molar-refractivity contribution in [3.63, 3.8) is 0 Å². The normalized spacial score (nSPS) is 14.6. The van der Waals surface area contributed by atoms with Crippen LogP contribution in [0.5, 0.6) is 0 Å². The van der Waals surface area contributed by atoms with Crippen LogP contribution in [0.3, 0.4) is 0 Å². The first kappa shape index (κ1) is 71.4. The molecule has 0 aliphatic heterocycles. The second kappa shape index (κ2) is 55.1. The number of esters is 2. The number of rotatable bonds is 50. The number of quaternary nitrogens is 1. The van der Waals surface area contributed by atoms with E-state index in [0.29, 0.717) is 23.9 Å². The molecule has 0 spiro atoms. The molecule has 426 valence electrons. The molecule has 0 aliphatic carbocycles. The zero-order chi connectivity index (χ0) is 55.6. The number of carbonyl (C=O) groups is 2. The van der Waals surface area contributed by atoms with E-state index in [1.54, 1.807) is 0 Å². The highest BCUT2D eigenvalue weighted by atomic mass is 31.2. The predicted octanol–water partition coefficient (Wildman–Crippen LogP) is 17.6. The maximum atomic E-state index is 12.8. The second-order valence-electron chi connectivity index (χ2n) is 19.5. The van der Waals surface area contributed by atoms with Crippen LogP contribution in [0, 0.1) is 0 Å². The van der Waals surface area contributed by atoms with Gasteiger partial charge in [-0.2, -0.15) is 0 Å². The molecule has 0 aliphatic rings. The van der Waals surface area contributed by atoms with Gasteiger partial charge in [0.25, 0.3) is 7.82 Å². The van der Waals surface area contributed by atoms with Gasteiger partial charge in [0.2, 0.25) is 0 Å². The molecule has 0 bridgehead atoms. The average molecular weight is 1070 g/mol. The quantitative estimate of drug-likeness (QED) is 0.0195. The molecule has 0 saturated heterocycles. The van der Waals surface area contributed by atoms with Gasteiger partial charge in [-0.3, -0.25) is 14.2 Å². The van der Waals surface area contributed by atoms with E-state index >= 15 is 0 Å². The van der Waals surface area contributed by atoms with E-state index in [2.05, 4.69) is 184 Å². The van der Waals surface area contributed by atoms with Crippen molar-refractivity contribution in [2.45, 2.75) is 187 Å². The van der Waals surface area contributed by atoms with Gasteiger partial charge >= 0.3 is 11.9 Å². The summed E-state index contributed by atoms with van der Waals surface area (Å²) < 4.78 is 34.0. The Morgan fingerprint density at radius 2 is 0.711 bits per heavy atom. The van der Waals surface area contributed by atoms with Gasteiger partial charge in [-0.1, -0.05) is 210 Å². The summed E-state index contributed by atoms with van der Waals surface area (Å²) >= 11 is 0. The van der Waals surface area contributed by atoms with Gasteiger partial charge in [0.15, 0.2) is 6.10 Å². The fourth-order valence-electron chi connectivity index (χ4n) is 6.85. The number of phosphoric acid groups is 1. The summed E-state index contributed by atoms with van der Waals surface area (Å²) in [5, 5.41) is 0. The highest BCUT2D eigenvalue weighted by Gasteiger charge is 2.21. The Labute approximate surface area is 464 Å². The molecule has 0 aromatic carbocycles. The fraction of sp³-hybridized carbons (Fsp3) is 0.545. The van der Waals surface area contributed by atoms with Gasteiger partial charge in [-0.25, -0.2) is 0 Å². The number of carbonyl (C=O) groups excluding carboxylic acids is 2. The first-order chi connectivity index (χ1) is 37.0. The molecule has 2 atom stereocenters. The van der Waals surface area contributed by atoms with E-state index < -0.39 is 32.5 Å². The minimum absolute atomic E-state index is 0.0510. The highest BCUT2D eigenvalue weighted by molar-refractivity contribution is 7.45. The third-order valence-electron chi connectivity index (χ3n) is 11.2. The lowest BCUT2D eigenvalue weighted by Gasteiger charge is -2.28. The summed E-state index contributed by atoms with van der Waals surface area (Å²) in [5.74, 6) is -0.908. The van der Waals surface area contributed by atoms with Crippen LogP contribution in [-0.4, -0.2) is 70.0 Å². The van der Waals surface area contributed by atoms with E-state index in [1.807, 2.05) is 21.1 Å². The Morgan fingerprint density at radius 3 is 1.04 bits per heavy atom. The molecule has 0 aromatic rings. The SMILES string of the molecule is CC/C=C\C/C=C\C/C=C\C/C=C\C/C=C\C/C=C\C/C=C\C/C=C\C/C=C\C/C=C\CCCCCCC(=O)OC(COC(=O)CCCCCC/C=C\C/C=C\C/C=C\C/C=C\CC)COP(=O)([O-])OCC[N+](C)(C)C. The maximum absolute atomic E-state index is 12.8. The predicted molar refractivity (Wildman–Crippen MR) is 323 cm³/mol. The zero-order valence-electron chi connectivity index (χ0n) is 48.1. The molecule has 0 rings (SSSR count). The van der Waals surface area contributed by atoms with Gasteiger partial charge in [-0.15, -0.1) is 0 Å². The molecular weight excluding hydrogens is 966 g/mol. The molecule has 9 nitrogen and oxygen atoms in total. The van der Waals surface area contributed by atoms with Gasteiger partial charge in [0.05, 0.1) is 27.7 Å². The third-order valence-corrected chi connectivity index (χ3v) is 12.2. The molecule has 2 unspecified atom stereocenters. The number of hydrogen-bond acceptors (Lipinski definition) is 8. The Balaban J connectivity index is 4.30. The molecule has 0 N–H and O–H groups in total. The molecular formula is C66H104NO8P. The van der Waals surface area contributed by atoms with Crippen LogP contribution in [0.2, 0.25) is 0 Å². The first-order valence-electron chi connectivity index (χ1n) is 28.8. The highest BCUT2D eigenvalue weighted by Crippen LogP contribution is 2.38. The summed E-state index contributed by atoms with van der Waals surface area (Å²) in [6.45, 7) is 3.91. The van der Waals surface area contributed by atoms with Gasteiger partial charge in [-0.05, 0) is 128 Å². The summed E-state index contributed by atoms with van der Waals surface area (Å²) in [4.78, 5) is 37.8. The number of ether oxygens (including phenoxy) is 2. The summed E-state index contributed by atoms with van der Waals surface area (Å²) in [6, 6.07) is 0. The number of allylic oxidation sites excluding steroid dienone is 28. The lowest BCUT2D eigenvalue weighted by Crippen LogP contribution is -2.37. The van der Waals surface area contributed by atoms with E-state index in [0.717, 1.165) is 141 Å². The minimum atomic E-state index is -4.66. The molecule has 0 aromatic heterocycles. The van der Waals surface area contributed by atoms with Gasteiger partial charge in [0.1, 0.15) is 19.8 Å². The molecule has 76 heavy (non-hydrogen) atoms. The molecule has 0 heterocycles. The Kier molecular flexibility index (Phi) is 51.8. The van der Waals surface area contributed by atoms with Crippen LogP contribution in [0.4, 0.5) is 0 Å². The van der Waals surface area contributed by atoms with Crippen molar-refractivity contribution in [1.29, 1.82) is 0 Å². The van der Waals surface area contributed by atoms with E-state index in [1.165, 1.54) is 0 Å². The smallest absolute Gasteiger partial charge is 0.306 e. The fourth-order valence-corrected chi connectivity index (χ4v) is 7.58. The van der Waals surface area contributed by atoms with Crippen molar-refractivity contribution in [3.8, 4) is 0 Å². The van der Waals surface area contributed by atoms with Gasteiger partial charge in [0, 0.05) is 12.8 Å². The first-order valence-corrected chi connectivity index (χ1v) is 30.3. The largest absolute Gasteiger partial charge is 0.756 e. The lowest BCUT2D eigenvalue weighted by molar-refractivity contribution is -0.870. The van der Waals surface area contributed by atoms with Crippen LogP contribution in [0.25, 0.3) is 0 Å². The monoisotopic (exact) mass is 1070 g/mol. The van der Waals surface area contributed by atoms with E-state index in [4.69, 9.17) is 18.5 Å². The van der Waals surface area contributed by atoms with Gasteiger partial charge < -0.3 is 27.9 Å². The van der Waals surface area contributed by atoms with Crippen LogP contribution >= 0.6 is 7.82 Å². The van der Waals surface area contributed by atoms with Crippen LogP contribution < -0.4 is 4.89 Å². The summed E-state index contributed by atoms with van der Waals surface area (Å²) in [6.07, 6.45) is 84.0. The van der Waals surface area contributed by atoms with Crippen molar-refractivity contribution in [2.24, 2.45) is 0 Å². The number of unbranched alkanes of at least 4 members (excludes halogenated alkanes) is 8. The van der Waals surface area contributed by atoms with Crippen molar-refractivity contribution >= 4 is 19.8 Å². The molecule has 10 heteroatoms. The van der Waals surface area contributed by atoms with Crippen molar-refractivity contribution in [3.05, 3.63) is 170 Å².